The number of nitrogens with one attached hydrogen (secondary N) is 1. The second-order valence-electron chi connectivity index (χ2n) is 5.31. The fourth-order valence-electron chi connectivity index (χ4n) is 1.48. The Bertz CT molecular complexity index is 509. The van der Waals surface area contributed by atoms with E-state index < -0.39 is 0 Å². The van der Waals surface area contributed by atoms with Gasteiger partial charge in [0, 0.05) is 24.4 Å². The molecule has 2 aromatic heterocycles. The molecule has 2 aromatic rings. The zero-order valence-electron chi connectivity index (χ0n) is 11.3. The van der Waals surface area contributed by atoms with Crippen molar-refractivity contribution in [2.45, 2.75) is 39.3 Å². The highest BCUT2D eigenvalue weighted by atomic mass is 32.1. The molecule has 0 spiro atoms. The average molecular weight is 265 g/mol. The summed E-state index contributed by atoms with van der Waals surface area (Å²) in [5.41, 5.74) is 1.28. The summed E-state index contributed by atoms with van der Waals surface area (Å²) in [5, 5.41) is 10.8. The van der Waals surface area contributed by atoms with E-state index in [4.69, 9.17) is 0 Å². The van der Waals surface area contributed by atoms with E-state index in [0.29, 0.717) is 6.54 Å². The molecule has 1 N–H and O–H groups in total. The Kier molecular flexibility index (Phi) is 3.77. The zero-order valence-corrected chi connectivity index (χ0v) is 12.1. The number of nitrogens with zero attached hydrogens (tertiary/aromatic N) is 4. The van der Waals surface area contributed by atoms with Crippen molar-refractivity contribution in [3.8, 4) is 0 Å². The largest absolute Gasteiger partial charge is 0.303 e. The molecule has 0 fully saturated rings. The quantitative estimate of drug-likeness (QED) is 0.916. The summed E-state index contributed by atoms with van der Waals surface area (Å²) in [5.74, 6) is 0.810. The fraction of sp³-hybridized carbons (Fsp3) is 0.583. The van der Waals surface area contributed by atoms with Crippen LogP contribution in [0.4, 0.5) is 0 Å². The first-order chi connectivity index (χ1) is 8.45. The summed E-state index contributed by atoms with van der Waals surface area (Å²) in [7, 11) is 1.87. The molecule has 2 rings (SSSR count). The average Bonchev–Trinajstić information content (AvgIpc) is 2.87. The van der Waals surface area contributed by atoms with E-state index in [-0.39, 0.29) is 5.41 Å². The van der Waals surface area contributed by atoms with Crippen LogP contribution in [0.3, 0.4) is 0 Å². The van der Waals surface area contributed by atoms with Crippen molar-refractivity contribution in [3.63, 3.8) is 0 Å². The molecule has 0 saturated carbocycles. The lowest BCUT2D eigenvalue weighted by molar-refractivity contribution is 0.567. The number of rotatable bonds is 4. The van der Waals surface area contributed by atoms with E-state index in [1.54, 1.807) is 22.3 Å². The van der Waals surface area contributed by atoms with Crippen molar-refractivity contribution in [1.29, 1.82) is 0 Å². The van der Waals surface area contributed by atoms with Gasteiger partial charge >= 0.3 is 0 Å². The van der Waals surface area contributed by atoms with Crippen molar-refractivity contribution in [2.24, 2.45) is 7.05 Å². The molecule has 6 heteroatoms. The maximum atomic E-state index is 4.63. The van der Waals surface area contributed by atoms with Crippen LogP contribution in [0.1, 0.15) is 37.3 Å². The SMILES string of the molecule is Cn1cnc(CNCc2nc(C(C)(C)C)cs2)n1. The van der Waals surface area contributed by atoms with Gasteiger partial charge in [0.25, 0.3) is 0 Å². The standard InChI is InChI=1S/C12H19N5S/c1-12(2,3)9-7-18-11(15-9)6-13-5-10-14-8-17(4)16-10/h7-8,13H,5-6H2,1-4H3. The van der Waals surface area contributed by atoms with E-state index >= 15 is 0 Å². The molecule has 2 heterocycles. The number of aryl methyl sites for hydroxylation is 1. The summed E-state index contributed by atoms with van der Waals surface area (Å²) >= 11 is 1.70. The van der Waals surface area contributed by atoms with Crippen molar-refractivity contribution >= 4 is 11.3 Å². The highest BCUT2D eigenvalue weighted by Crippen LogP contribution is 2.23. The molecule has 0 radical (unpaired) electrons. The van der Waals surface area contributed by atoms with Crippen LogP contribution in [0.15, 0.2) is 11.7 Å². The molecule has 0 unspecified atom stereocenters. The Morgan fingerprint density at radius 1 is 1.33 bits per heavy atom. The van der Waals surface area contributed by atoms with Crippen LogP contribution >= 0.6 is 11.3 Å². The van der Waals surface area contributed by atoms with E-state index in [1.807, 2.05) is 7.05 Å². The summed E-state index contributed by atoms with van der Waals surface area (Å²) in [6.07, 6.45) is 1.71. The summed E-state index contributed by atoms with van der Waals surface area (Å²) < 4.78 is 1.71. The Hall–Kier alpha value is -1.27. The van der Waals surface area contributed by atoms with Crippen LogP contribution < -0.4 is 5.32 Å². The van der Waals surface area contributed by atoms with Gasteiger partial charge in [-0.05, 0) is 0 Å². The molecule has 18 heavy (non-hydrogen) atoms. The highest BCUT2D eigenvalue weighted by Gasteiger charge is 2.17. The van der Waals surface area contributed by atoms with Crippen LogP contribution in [0.5, 0.6) is 0 Å². The molecule has 0 saturated heterocycles. The molecule has 0 amide bonds. The molecule has 5 nitrogen and oxygen atoms in total. The van der Waals surface area contributed by atoms with Crippen LogP contribution in [0.2, 0.25) is 0 Å². The minimum atomic E-state index is 0.122. The van der Waals surface area contributed by atoms with E-state index in [1.165, 1.54) is 0 Å². The summed E-state index contributed by atoms with van der Waals surface area (Å²) in [6.45, 7) is 7.97. The van der Waals surface area contributed by atoms with Gasteiger partial charge in [0.05, 0.1) is 12.2 Å². The highest BCUT2D eigenvalue weighted by molar-refractivity contribution is 7.09. The van der Waals surface area contributed by atoms with E-state index in [9.17, 15) is 0 Å². The number of thiazole rings is 1. The van der Waals surface area contributed by atoms with Crippen LogP contribution in [-0.2, 0) is 25.6 Å². The number of aromatic nitrogens is 4. The molecule has 0 atom stereocenters. The summed E-state index contributed by atoms with van der Waals surface area (Å²) in [6, 6.07) is 0. The third kappa shape index (κ3) is 3.36. The minimum Gasteiger partial charge on any atom is -0.303 e. The monoisotopic (exact) mass is 265 g/mol. The Morgan fingerprint density at radius 2 is 2.11 bits per heavy atom. The number of hydrogen-bond acceptors (Lipinski definition) is 5. The molecular formula is C12H19N5S. The Labute approximate surface area is 111 Å². The van der Waals surface area contributed by atoms with Gasteiger partial charge in [-0.15, -0.1) is 11.3 Å². The topological polar surface area (TPSA) is 55.6 Å². The first-order valence-corrected chi connectivity index (χ1v) is 6.83. The van der Waals surface area contributed by atoms with Gasteiger partial charge in [-0.25, -0.2) is 9.97 Å². The lowest BCUT2D eigenvalue weighted by Gasteiger charge is -2.14. The Balaban J connectivity index is 1.85. The van der Waals surface area contributed by atoms with Gasteiger partial charge in [-0.1, -0.05) is 20.8 Å². The van der Waals surface area contributed by atoms with Crippen molar-refractivity contribution in [2.75, 3.05) is 0 Å². The maximum Gasteiger partial charge on any atom is 0.164 e. The molecule has 98 valence electrons. The van der Waals surface area contributed by atoms with Crippen molar-refractivity contribution in [1.82, 2.24) is 25.1 Å². The molecule has 0 aliphatic rings. The van der Waals surface area contributed by atoms with Gasteiger partial charge in [-0.2, -0.15) is 5.10 Å². The molecular weight excluding hydrogens is 246 g/mol. The second-order valence-corrected chi connectivity index (χ2v) is 6.26. The predicted octanol–water partition coefficient (Wildman–Crippen LogP) is 1.86. The zero-order chi connectivity index (χ0) is 13.2. The van der Waals surface area contributed by atoms with Crippen molar-refractivity contribution in [3.05, 3.63) is 28.2 Å². The van der Waals surface area contributed by atoms with Gasteiger partial charge in [0.2, 0.25) is 0 Å². The second kappa shape index (κ2) is 5.16. The fourth-order valence-corrected chi connectivity index (χ4v) is 2.47. The van der Waals surface area contributed by atoms with E-state index in [2.05, 4.69) is 46.5 Å². The van der Waals surface area contributed by atoms with E-state index in [0.717, 1.165) is 23.1 Å². The minimum absolute atomic E-state index is 0.122. The molecule has 0 aliphatic carbocycles. The molecule has 0 bridgehead atoms. The third-order valence-electron chi connectivity index (χ3n) is 2.53. The van der Waals surface area contributed by atoms with Crippen LogP contribution in [-0.4, -0.2) is 19.7 Å². The lowest BCUT2D eigenvalue weighted by atomic mass is 9.93. The first-order valence-electron chi connectivity index (χ1n) is 5.95. The first kappa shape index (κ1) is 13.2. The third-order valence-corrected chi connectivity index (χ3v) is 3.38. The Morgan fingerprint density at radius 3 is 2.67 bits per heavy atom. The van der Waals surface area contributed by atoms with Crippen molar-refractivity contribution < 1.29 is 0 Å². The summed E-state index contributed by atoms with van der Waals surface area (Å²) in [4.78, 5) is 8.79. The maximum absolute atomic E-state index is 4.63. The molecule has 0 aromatic carbocycles. The molecule has 0 aliphatic heterocycles. The van der Waals surface area contributed by atoms with Crippen LogP contribution in [0, 0.1) is 0 Å². The van der Waals surface area contributed by atoms with Gasteiger partial charge in [-0.3, -0.25) is 4.68 Å². The smallest absolute Gasteiger partial charge is 0.164 e. The van der Waals surface area contributed by atoms with Gasteiger partial charge in [0.15, 0.2) is 5.82 Å². The van der Waals surface area contributed by atoms with Gasteiger partial charge < -0.3 is 5.32 Å². The number of hydrogen-bond donors (Lipinski definition) is 1. The lowest BCUT2D eigenvalue weighted by Crippen LogP contribution is -2.15. The predicted molar refractivity (Wildman–Crippen MR) is 72.4 cm³/mol. The van der Waals surface area contributed by atoms with Crippen LogP contribution in [0.25, 0.3) is 0 Å². The normalized spacial score (nSPS) is 12.0. The van der Waals surface area contributed by atoms with Gasteiger partial charge in [0.1, 0.15) is 11.3 Å².